The summed E-state index contributed by atoms with van der Waals surface area (Å²) in [4.78, 5) is 0. The van der Waals surface area contributed by atoms with Crippen LogP contribution >= 0.6 is 0 Å². The quantitative estimate of drug-likeness (QED) is 0.557. The topological polar surface area (TPSA) is 56.0 Å². The fourth-order valence-corrected chi connectivity index (χ4v) is 9.18. The summed E-state index contributed by atoms with van der Waals surface area (Å²) in [5.74, 6) is 5.04. The normalized spacial score (nSPS) is 44.0. The molecule has 9 atom stereocenters. The van der Waals surface area contributed by atoms with Crippen LogP contribution in [0.5, 0.6) is 0 Å². The third-order valence-corrected chi connectivity index (χ3v) is 10.7. The SMILES string of the molecule is Cc1cc(C#N)ccc1N[C@@H](C)C1CC[C@H]2[C@@H]3CC[C@@H]4C[C@](C)(O)CC[C@@H]4[C@H]3CC[C@]12C. The van der Waals surface area contributed by atoms with Crippen LogP contribution in [-0.4, -0.2) is 16.7 Å². The number of aliphatic hydroxyl groups is 1. The van der Waals surface area contributed by atoms with Crippen LogP contribution in [0.3, 0.4) is 0 Å². The van der Waals surface area contributed by atoms with Crippen LogP contribution < -0.4 is 5.32 Å². The molecule has 0 aliphatic heterocycles. The molecule has 4 aliphatic rings. The van der Waals surface area contributed by atoms with E-state index in [0.717, 1.165) is 48.0 Å². The number of nitrogens with one attached hydrogen (secondary N) is 1. The van der Waals surface area contributed by atoms with Crippen LogP contribution in [-0.2, 0) is 0 Å². The summed E-state index contributed by atoms with van der Waals surface area (Å²) >= 11 is 0. The highest BCUT2D eigenvalue weighted by Gasteiger charge is 2.58. The van der Waals surface area contributed by atoms with Gasteiger partial charge in [-0.2, -0.15) is 5.26 Å². The molecule has 4 saturated carbocycles. The second kappa shape index (κ2) is 8.05. The largest absolute Gasteiger partial charge is 0.390 e. The molecule has 4 fully saturated rings. The van der Waals surface area contributed by atoms with Crippen molar-refractivity contribution in [3.05, 3.63) is 29.3 Å². The summed E-state index contributed by atoms with van der Waals surface area (Å²) in [6.07, 6.45) is 11.6. The molecular formula is C29H42N2O. The van der Waals surface area contributed by atoms with Gasteiger partial charge in [0.2, 0.25) is 0 Å². The molecule has 0 amide bonds. The van der Waals surface area contributed by atoms with E-state index < -0.39 is 5.60 Å². The summed E-state index contributed by atoms with van der Waals surface area (Å²) in [6, 6.07) is 8.74. The minimum Gasteiger partial charge on any atom is -0.390 e. The first-order chi connectivity index (χ1) is 15.2. The van der Waals surface area contributed by atoms with Gasteiger partial charge in [0.05, 0.1) is 17.2 Å². The van der Waals surface area contributed by atoms with Gasteiger partial charge in [-0.3, -0.25) is 0 Å². The van der Waals surface area contributed by atoms with Gasteiger partial charge >= 0.3 is 0 Å². The van der Waals surface area contributed by atoms with E-state index in [1.165, 1.54) is 56.2 Å². The van der Waals surface area contributed by atoms with E-state index in [1.807, 2.05) is 12.1 Å². The third-order valence-electron chi connectivity index (χ3n) is 10.7. The molecule has 32 heavy (non-hydrogen) atoms. The van der Waals surface area contributed by atoms with E-state index >= 15 is 0 Å². The van der Waals surface area contributed by atoms with Crippen molar-refractivity contribution in [3.63, 3.8) is 0 Å². The Morgan fingerprint density at radius 1 is 1.03 bits per heavy atom. The molecule has 1 aromatic rings. The maximum Gasteiger partial charge on any atom is 0.0991 e. The highest BCUT2D eigenvalue weighted by molar-refractivity contribution is 5.54. The number of hydrogen-bond acceptors (Lipinski definition) is 3. The van der Waals surface area contributed by atoms with Gasteiger partial charge in [0.25, 0.3) is 0 Å². The van der Waals surface area contributed by atoms with Crippen molar-refractivity contribution in [1.29, 1.82) is 5.26 Å². The highest BCUT2D eigenvalue weighted by atomic mass is 16.3. The summed E-state index contributed by atoms with van der Waals surface area (Å²) in [6.45, 7) is 9.19. The first-order valence-electron chi connectivity index (χ1n) is 13.2. The minimum atomic E-state index is -0.416. The number of rotatable bonds is 3. The van der Waals surface area contributed by atoms with Crippen LogP contribution in [0.4, 0.5) is 5.69 Å². The van der Waals surface area contributed by atoms with Crippen LogP contribution in [0, 0.1) is 59.2 Å². The van der Waals surface area contributed by atoms with Crippen molar-refractivity contribution in [2.24, 2.45) is 40.9 Å². The molecule has 3 nitrogen and oxygen atoms in total. The second-order valence-corrected chi connectivity index (χ2v) is 12.5. The fourth-order valence-electron chi connectivity index (χ4n) is 9.18. The molecule has 0 spiro atoms. The zero-order chi connectivity index (χ0) is 22.7. The van der Waals surface area contributed by atoms with Crippen molar-refractivity contribution in [2.75, 3.05) is 5.32 Å². The number of nitrogens with zero attached hydrogens (tertiary/aromatic N) is 1. The van der Waals surface area contributed by atoms with Crippen LogP contribution in [0.25, 0.3) is 0 Å². The maximum absolute atomic E-state index is 10.6. The molecule has 0 radical (unpaired) electrons. The number of nitriles is 1. The van der Waals surface area contributed by atoms with Crippen LogP contribution in [0.1, 0.15) is 89.7 Å². The van der Waals surface area contributed by atoms with Crippen molar-refractivity contribution < 1.29 is 5.11 Å². The van der Waals surface area contributed by atoms with Crippen molar-refractivity contribution >= 4 is 5.69 Å². The Balaban J connectivity index is 1.30. The van der Waals surface area contributed by atoms with Crippen LogP contribution in [0.15, 0.2) is 18.2 Å². The summed E-state index contributed by atoms with van der Waals surface area (Å²) in [5, 5.41) is 23.7. The van der Waals surface area contributed by atoms with Gasteiger partial charge < -0.3 is 10.4 Å². The molecule has 0 bridgehead atoms. The summed E-state index contributed by atoms with van der Waals surface area (Å²) in [7, 11) is 0. The first-order valence-corrected chi connectivity index (χ1v) is 13.2. The Morgan fingerprint density at radius 3 is 2.56 bits per heavy atom. The van der Waals surface area contributed by atoms with E-state index in [9.17, 15) is 10.4 Å². The molecule has 0 heterocycles. The average Bonchev–Trinajstić information content (AvgIpc) is 3.11. The molecule has 3 heteroatoms. The highest BCUT2D eigenvalue weighted by Crippen LogP contribution is 2.65. The second-order valence-electron chi connectivity index (χ2n) is 12.5. The Bertz CT molecular complexity index is 901. The molecule has 4 aliphatic carbocycles. The molecule has 2 N–H and O–H groups in total. The molecular weight excluding hydrogens is 392 g/mol. The molecule has 0 saturated heterocycles. The maximum atomic E-state index is 10.6. The van der Waals surface area contributed by atoms with Gasteiger partial charge in [-0.15, -0.1) is 0 Å². The van der Waals surface area contributed by atoms with Crippen molar-refractivity contribution in [3.8, 4) is 6.07 Å². The van der Waals surface area contributed by atoms with Crippen molar-refractivity contribution in [1.82, 2.24) is 0 Å². The van der Waals surface area contributed by atoms with Gasteiger partial charge in [0, 0.05) is 11.7 Å². The Hall–Kier alpha value is -1.53. The van der Waals surface area contributed by atoms with Gasteiger partial charge in [0.1, 0.15) is 0 Å². The third kappa shape index (κ3) is 3.67. The van der Waals surface area contributed by atoms with Crippen LogP contribution in [0.2, 0.25) is 0 Å². The van der Waals surface area contributed by atoms with E-state index in [2.05, 4.69) is 45.1 Å². The predicted octanol–water partition coefficient (Wildman–Crippen LogP) is 6.69. The molecule has 5 rings (SSSR count). The minimum absolute atomic E-state index is 0.416. The summed E-state index contributed by atoms with van der Waals surface area (Å²) < 4.78 is 0. The van der Waals surface area contributed by atoms with E-state index in [0.29, 0.717) is 17.4 Å². The van der Waals surface area contributed by atoms with Gasteiger partial charge in [-0.05, 0) is 143 Å². The lowest BCUT2D eigenvalue weighted by Gasteiger charge is -2.57. The molecule has 1 unspecified atom stereocenters. The average molecular weight is 435 g/mol. The first kappa shape index (κ1) is 22.3. The lowest BCUT2D eigenvalue weighted by Crippen LogP contribution is -2.51. The smallest absolute Gasteiger partial charge is 0.0991 e. The lowest BCUT2D eigenvalue weighted by atomic mass is 9.49. The van der Waals surface area contributed by atoms with E-state index in [-0.39, 0.29) is 0 Å². The van der Waals surface area contributed by atoms with Gasteiger partial charge in [0.15, 0.2) is 0 Å². The van der Waals surface area contributed by atoms with Gasteiger partial charge in [-0.25, -0.2) is 0 Å². The standard InChI is InChI=1S/C29H42N2O/c1-18-15-20(17-30)5-10-27(18)31-19(2)25-8-9-26-24-7-6-21-16-28(3,32)13-11-22(21)23(24)12-14-29(25,26)4/h5,10,15,19,21-26,31-32H,6-9,11-14,16H2,1-4H3/t19-,21+,22-,23+,24+,25?,26-,28+,29+/m0/s1. The zero-order valence-corrected chi connectivity index (χ0v) is 20.5. The Morgan fingerprint density at radius 2 is 1.81 bits per heavy atom. The van der Waals surface area contributed by atoms with E-state index in [4.69, 9.17) is 0 Å². The number of anilines is 1. The van der Waals surface area contributed by atoms with Crippen molar-refractivity contribution in [2.45, 2.75) is 97.1 Å². The lowest BCUT2D eigenvalue weighted by molar-refractivity contribution is -0.100. The number of hydrogen-bond donors (Lipinski definition) is 2. The van der Waals surface area contributed by atoms with E-state index in [1.54, 1.807) is 0 Å². The zero-order valence-electron chi connectivity index (χ0n) is 20.5. The monoisotopic (exact) mass is 434 g/mol. The molecule has 174 valence electrons. The summed E-state index contributed by atoms with van der Waals surface area (Å²) in [5.41, 5.74) is 3.13. The number of aryl methyl sites for hydroxylation is 1. The fraction of sp³-hybridized carbons (Fsp3) is 0.759. The Labute approximate surface area is 195 Å². The molecule has 1 aromatic carbocycles. The van der Waals surface area contributed by atoms with Gasteiger partial charge in [-0.1, -0.05) is 6.92 Å². The Kier molecular flexibility index (Phi) is 5.60. The number of fused-ring (bicyclic) bond motifs is 5. The molecule has 0 aromatic heterocycles. The predicted molar refractivity (Wildman–Crippen MR) is 130 cm³/mol. The number of benzene rings is 1.